The highest BCUT2D eigenvalue weighted by molar-refractivity contribution is 5.87. The Bertz CT molecular complexity index is 1070. The summed E-state index contributed by atoms with van der Waals surface area (Å²) in [5.41, 5.74) is 3.34. The first-order chi connectivity index (χ1) is 13.7. The highest BCUT2D eigenvalue weighted by Gasteiger charge is 2.41. The quantitative estimate of drug-likeness (QED) is 0.561. The average Bonchev–Trinajstić information content (AvgIpc) is 2.64. The lowest BCUT2D eigenvalue weighted by atomic mass is 9.61. The molecule has 1 heterocycles. The van der Waals surface area contributed by atoms with Crippen LogP contribution in [0.25, 0.3) is 10.9 Å². The summed E-state index contributed by atoms with van der Waals surface area (Å²) in [5, 5.41) is 13.6. The molecule has 1 aromatic heterocycles. The fourth-order valence-electron chi connectivity index (χ4n) is 4.45. The molecule has 4 rings (SSSR count). The number of aromatic nitrogens is 1. The topological polar surface area (TPSA) is 62.2 Å². The van der Waals surface area contributed by atoms with Crippen molar-refractivity contribution in [2.75, 3.05) is 5.32 Å². The van der Waals surface area contributed by atoms with E-state index >= 15 is 0 Å². The lowest BCUT2D eigenvalue weighted by molar-refractivity contribution is 0.0697. The van der Waals surface area contributed by atoms with Crippen LogP contribution in [0.4, 0.5) is 10.2 Å². The van der Waals surface area contributed by atoms with Gasteiger partial charge in [0.2, 0.25) is 0 Å². The highest BCUT2D eigenvalue weighted by Crippen LogP contribution is 2.51. The molecular formula is C24H25FN2O2. The van der Waals surface area contributed by atoms with Crippen LogP contribution in [0.2, 0.25) is 0 Å². The summed E-state index contributed by atoms with van der Waals surface area (Å²) in [5.74, 6) is 0.0181. The number of aromatic carboxylic acids is 1. The van der Waals surface area contributed by atoms with Gasteiger partial charge in [0, 0.05) is 5.39 Å². The van der Waals surface area contributed by atoms with Gasteiger partial charge < -0.3 is 10.4 Å². The first-order valence-corrected chi connectivity index (χ1v) is 9.88. The first-order valence-electron chi connectivity index (χ1n) is 9.88. The van der Waals surface area contributed by atoms with Gasteiger partial charge in [0.05, 0.1) is 17.1 Å². The van der Waals surface area contributed by atoms with Crippen molar-refractivity contribution in [3.05, 3.63) is 71.0 Å². The molecule has 0 unspecified atom stereocenters. The van der Waals surface area contributed by atoms with Gasteiger partial charge in [-0.1, -0.05) is 26.0 Å². The van der Waals surface area contributed by atoms with Crippen LogP contribution in [0.3, 0.4) is 0 Å². The fraction of sp³-hybridized carbons (Fsp3) is 0.333. The third-order valence-corrected chi connectivity index (χ3v) is 5.88. The number of fused-ring (bicyclic) bond motifs is 1. The molecule has 0 aliphatic heterocycles. The standard InChI is InChI=1S/C24H25FN2O2/c1-14-10-17-11-19(25)8-9-20(17)26-22(14)27-21(18-12-24(2,3)13-18)15-4-6-16(7-5-15)23(28)29/h4-11,18,21H,12-13H2,1-3H3,(H,26,27)(H,28,29)/t21-/m0/s1. The van der Waals surface area contributed by atoms with Crippen LogP contribution >= 0.6 is 0 Å². The van der Waals surface area contributed by atoms with Gasteiger partial charge >= 0.3 is 5.97 Å². The minimum Gasteiger partial charge on any atom is -0.478 e. The molecule has 150 valence electrons. The minimum absolute atomic E-state index is 0.0370. The highest BCUT2D eigenvalue weighted by atomic mass is 19.1. The summed E-state index contributed by atoms with van der Waals surface area (Å²) >= 11 is 0. The van der Waals surface area contributed by atoms with Crippen LogP contribution in [-0.2, 0) is 0 Å². The summed E-state index contributed by atoms with van der Waals surface area (Å²) in [6, 6.07) is 13.7. The summed E-state index contributed by atoms with van der Waals surface area (Å²) in [6.45, 7) is 6.50. The third kappa shape index (κ3) is 3.95. The van der Waals surface area contributed by atoms with Gasteiger partial charge in [-0.2, -0.15) is 0 Å². The number of pyridine rings is 1. The predicted molar refractivity (Wildman–Crippen MR) is 113 cm³/mol. The molecule has 0 saturated heterocycles. The van der Waals surface area contributed by atoms with E-state index in [0.717, 1.165) is 40.7 Å². The monoisotopic (exact) mass is 392 g/mol. The van der Waals surface area contributed by atoms with Crippen LogP contribution in [0.15, 0.2) is 48.5 Å². The van der Waals surface area contributed by atoms with E-state index < -0.39 is 5.97 Å². The second-order valence-electron chi connectivity index (χ2n) is 8.87. The number of carboxylic acids is 1. The second-order valence-corrected chi connectivity index (χ2v) is 8.87. The van der Waals surface area contributed by atoms with Crippen LogP contribution in [0.1, 0.15) is 54.2 Å². The summed E-state index contributed by atoms with van der Waals surface area (Å²) in [4.78, 5) is 15.9. The number of hydrogen-bond acceptors (Lipinski definition) is 3. The number of nitrogens with one attached hydrogen (secondary N) is 1. The number of nitrogens with zero attached hydrogens (tertiary/aromatic N) is 1. The van der Waals surface area contributed by atoms with Gasteiger partial charge in [-0.05, 0) is 78.6 Å². The molecule has 0 radical (unpaired) electrons. The molecule has 2 aromatic carbocycles. The number of hydrogen-bond donors (Lipinski definition) is 2. The number of benzene rings is 2. The molecule has 0 amide bonds. The van der Waals surface area contributed by atoms with Gasteiger partial charge in [-0.15, -0.1) is 0 Å². The van der Waals surface area contributed by atoms with Gasteiger partial charge in [-0.25, -0.2) is 14.2 Å². The van der Waals surface area contributed by atoms with E-state index in [2.05, 4.69) is 19.2 Å². The molecule has 1 saturated carbocycles. The Hall–Kier alpha value is -2.95. The smallest absolute Gasteiger partial charge is 0.335 e. The van der Waals surface area contributed by atoms with Gasteiger partial charge in [0.25, 0.3) is 0 Å². The molecule has 0 bridgehead atoms. The Morgan fingerprint density at radius 1 is 1.17 bits per heavy atom. The van der Waals surface area contributed by atoms with Crippen molar-refractivity contribution in [3.8, 4) is 0 Å². The van der Waals surface area contributed by atoms with E-state index in [9.17, 15) is 14.3 Å². The molecule has 3 aromatic rings. The summed E-state index contributed by atoms with van der Waals surface area (Å²) in [6.07, 6.45) is 2.17. The Kier molecular flexibility index (Phi) is 4.77. The van der Waals surface area contributed by atoms with Crippen molar-refractivity contribution >= 4 is 22.7 Å². The molecule has 1 aliphatic rings. The zero-order valence-corrected chi connectivity index (χ0v) is 16.9. The van der Waals surface area contributed by atoms with Crippen molar-refractivity contribution in [2.45, 2.75) is 39.7 Å². The second kappa shape index (κ2) is 7.14. The van der Waals surface area contributed by atoms with E-state index in [1.54, 1.807) is 18.2 Å². The number of aryl methyl sites for hydroxylation is 1. The van der Waals surface area contributed by atoms with Gasteiger partial charge in [-0.3, -0.25) is 0 Å². The SMILES string of the molecule is Cc1cc2cc(F)ccc2nc1N[C@@H](c1ccc(C(=O)O)cc1)C1CC(C)(C)C1. The van der Waals surface area contributed by atoms with E-state index in [1.165, 1.54) is 12.1 Å². The maximum Gasteiger partial charge on any atom is 0.335 e. The first kappa shape index (κ1) is 19.4. The lowest BCUT2D eigenvalue weighted by Gasteiger charge is -2.47. The molecule has 29 heavy (non-hydrogen) atoms. The average molecular weight is 392 g/mol. The summed E-state index contributed by atoms with van der Waals surface area (Å²) in [7, 11) is 0. The fourth-order valence-corrected chi connectivity index (χ4v) is 4.45. The van der Waals surface area contributed by atoms with Crippen LogP contribution in [-0.4, -0.2) is 16.1 Å². The number of rotatable bonds is 5. The number of carboxylic acid groups (broad SMARTS) is 1. The predicted octanol–water partition coefficient (Wildman–Crippen LogP) is 5.97. The Balaban J connectivity index is 1.68. The van der Waals surface area contributed by atoms with Crippen LogP contribution < -0.4 is 5.32 Å². The number of halogens is 1. The van der Waals surface area contributed by atoms with Crippen molar-refractivity contribution in [2.24, 2.45) is 11.3 Å². The van der Waals surface area contributed by atoms with Crippen molar-refractivity contribution in [3.63, 3.8) is 0 Å². The Morgan fingerprint density at radius 2 is 1.86 bits per heavy atom. The number of anilines is 1. The zero-order chi connectivity index (χ0) is 20.8. The molecule has 1 atom stereocenters. The van der Waals surface area contributed by atoms with Gasteiger partial charge in [0.1, 0.15) is 11.6 Å². The minimum atomic E-state index is -0.926. The molecule has 2 N–H and O–H groups in total. The van der Waals surface area contributed by atoms with E-state index in [1.807, 2.05) is 25.1 Å². The summed E-state index contributed by atoms with van der Waals surface area (Å²) < 4.78 is 13.5. The molecular weight excluding hydrogens is 367 g/mol. The normalized spacial score (nSPS) is 17.0. The maximum atomic E-state index is 13.5. The Morgan fingerprint density at radius 3 is 2.48 bits per heavy atom. The van der Waals surface area contributed by atoms with Crippen molar-refractivity contribution < 1.29 is 14.3 Å². The molecule has 0 spiro atoms. The van der Waals surface area contributed by atoms with Crippen LogP contribution in [0, 0.1) is 24.1 Å². The number of carbonyl (C=O) groups is 1. The zero-order valence-electron chi connectivity index (χ0n) is 16.9. The lowest BCUT2D eigenvalue weighted by Crippen LogP contribution is -2.38. The molecule has 1 aliphatic carbocycles. The van der Waals surface area contributed by atoms with Gasteiger partial charge in [0.15, 0.2) is 0 Å². The van der Waals surface area contributed by atoms with Crippen LogP contribution in [0.5, 0.6) is 0 Å². The third-order valence-electron chi connectivity index (χ3n) is 5.88. The van der Waals surface area contributed by atoms with E-state index in [0.29, 0.717) is 11.3 Å². The van der Waals surface area contributed by atoms with Crippen molar-refractivity contribution in [1.82, 2.24) is 4.98 Å². The largest absolute Gasteiger partial charge is 0.478 e. The molecule has 1 fully saturated rings. The molecule has 4 nitrogen and oxygen atoms in total. The maximum absolute atomic E-state index is 13.5. The molecule has 5 heteroatoms. The van der Waals surface area contributed by atoms with Crippen molar-refractivity contribution in [1.29, 1.82) is 0 Å². The van der Waals surface area contributed by atoms with E-state index in [4.69, 9.17) is 4.98 Å². The Labute approximate surface area is 169 Å². The van der Waals surface area contributed by atoms with E-state index in [-0.39, 0.29) is 17.4 Å².